The van der Waals surface area contributed by atoms with E-state index in [9.17, 15) is 4.79 Å². The summed E-state index contributed by atoms with van der Waals surface area (Å²) < 4.78 is 16.2. The first kappa shape index (κ1) is 17.5. The van der Waals surface area contributed by atoms with Crippen LogP contribution in [0.25, 0.3) is 20.7 Å². The molecule has 0 unspecified atom stereocenters. The molecule has 0 bridgehead atoms. The molecule has 1 aliphatic heterocycles. The van der Waals surface area contributed by atoms with Gasteiger partial charge in [-0.25, -0.2) is 9.37 Å². The first-order valence-electron chi connectivity index (χ1n) is 9.48. The zero-order valence-electron chi connectivity index (χ0n) is 15.2. The molecule has 4 N–H and O–H groups in total. The number of rotatable bonds is 3. The van der Waals surface area contributed by atoms with Gasteiger partial charge in [0.2, 0.25) is 0 Å². The second kappa shape index (κ2) is 6.79. The molecule has 1 amide bonds. The quantitative estimate of drug-likeness (QED) is 0.630. The van der Waals surface area contributed by atoms with Gasteiger partial charge in [-0.1, -0.05) is 12.8 Å². The zero-order chi connectivity index (χ0) is 19.3. The Morgan fingerprint density at radius 3 is 3.00 bits per heavy atom. The summed E-state index contributed by atoms with van der Waals surface area (Å²) in [5.74, 6) is -0.561. The topological polar surface area (TPSA) is 92.9 Å². The molecule has 1 fully saturated rings. The van der Waals surface area contributed by atoms with Gasteiger partial charge in [0.15, 0.2) is 11.6 Å². The van der Waals surface area contributed by atoms with Gasteiger partial charge in [-0.3, -0.25) is 9.78 Å². The van der Waals surface area contributed by atoms with Crippen molar-refractivity contribution in [3.63, 3.8) is 0 Å². The number of hydrogen-bond donors (Lipinski definition) is 3. The standard InChI is InChI=1S/C20H20FN5OS/c21-17-11-8-24-20(27)16(11)18(14-7-10-5-6-23-9-15(10)28-14)26-19(17)25-13-4-2-1-3-12(13)22/h5-7,9,12-13H,1-4,8,22H2,(H,24,27)(H,25,26)/t12-,13+/m0/s1. The molecular formula is C20H20FN5OS. The molecule has 1 saturated carbocycles. The molecule has 0 radical (unpaired) electrons. The normalized spacial score (nSPS) is 21.6. The van der Waals surface area contributed by atoms with E-state index in [-0.39, 0.29) is 30.4 Å². The van der Waals surface area contributed by atoms with Crippen LogP contribution in [0.1, 0.15) is 41.6 Å². The van der Waals surface area contributed by atoms with E-state index in [1.807, 2.05) is 12.1 Å². The number of thiophene rings is 1. The predicted octanol–water partition coefficient (Wildman–Crippen LogP) is 3.42. The number of hydrogen-bond acceptors (Lipinski definition) is 6. The van der Waals surface area contributed by atoms with Crippen molar-refractivity contribution < 1.29 is 9.18 Å². The van der Waals surface area contributed by atoms with Crippen LogP contribution in [0.3, 0.4) is 0 Å². The van der Waals surface area contributed by atoms with Crippen molar-refractivity contribution in [3.8, 4) is 10.6 Å². The minimum absolute atomic E-state index is 0.0154. The molecule has 2 aliphatic rings. The Labute approximate surface area is 165 Å². The Morgan fingerprint density at radius 2 is 2.18 bits per heavy atom. The maximum absolute atomic E-state index is 15.2. The number of nitrogens with zero attached hydrogens (tertiary/aromatic N) is 2. The molecule has 4 heterocycles. The first-order valence-corrected chi connectivity index (χ1v) is 10.3. The average Bonchev–Trinajstić information content (AvgIpc) is 3.30. The number of aromatic nitrogens is 2. The van der Waals surface area contributed by atoms with E-state index in [0.717, 1.165) is 40.6 Å². The monoisotopic (exact) mass is 397 g/mol. The smallest absolute Gasteiger partial charge is 0.254 e. The number of halogens is 1. The number of pyridine rings is 2. The van der Waals surface area contributed by atoms with Gasteiger partial charge in [-0.05, 0) is 30.4 Å². The van der Waals surface area contributed by atoms with Gasteiger partial charge in [0, 0.05) is 36.6 Å². The maximum atomic E-state index is 15.2. The molecular weight excluding hydrogens is 377 g/mol. The van der Waals surface area contributed by atoms with Crippen LogP contribution in [0.15, 0.2) is 24.5 Å². The van der Waals surface area contributed by atoms with Gasteiger partial charge in [0.1, 0.15) is 0 Å². The van der Waals surface area contributed by atoms with E-state index in [1.54, 1.807) is 12.4 Å². The van der Waals surface area contributed by atoms with Crippen LogP contribution in [0.2, 0.25) is 0 Å². The van der Waals surface area contributed by atoms with Crippen LogP contribution in [0, 0.1) is 5.82 Å². The molecule has 2 atom stereocenters. The van der Waals surface area contributed by atoms with Crippen molar-refractivity contribution in [1.29, 1.82) is 0 Å². The van der Waals surface area contributed by atoms with Crippen molar-refractivity contribution in [1.82, 2.24) is 15.3 Å². The molecule has 0 saturated heterocycles. The van der Waals surface area contributed by atoms with Crippen LogP contribution in [-0.2, 0) is 6.54 Å². The van der Waals surface area contributed by atoms with Crippen molar-refractivity contribution in [2.75, 3.05) is 5.32 Å². The lowest BCUT2D eigenvalue weighted by atomic mass is 9.91. The molecule has 28 heavy (non-hydrogen) atoms. The molecule has 5 rings (SSSR count). The SMILES string of the molecule is N[C@H]1CCCC[C@H]1Nc1nc(-c2cc3ccncc3s2)c2c(c1F)CNC2=O. The summed E-state index contributed by atoms with van der Waals surface area (Å²) in [5, 5.41) is 6.98. The minimum atomic E-state index is -0.461. The number of carbonyl (C=O) groups is 1. The Morgan fingerprint density at radius 1 is 1.32 bits per heavy atom. The van der Waals surface area contributed by atoms with E-state index < -0.39 is 5.82 Å². The highest BCUT2D eigenvalue weighted by atomic mass is 32.1. The summed E-state index contributed by atoms with van der Waals surface area (Å²) in [5.41, 5.74) is 7.44. The largest absolute Gasteiger partial charge is 0.363 e. The van der Waals surface area contributed by atoms with Gasteiger partial charge in [0.25, 0.3) is 5.91 Å². The van der Waals surface area contributed by atoms with Gasteiger partial charge >= 0.3 is 0 Å². The van der Waals surface area contributed by atoms with Crippen molar-refractivity contribution >= 4 is 33.1 Å². The minimum Gasteiger partial charge on any atom is -0.363 e. The van der Waals surface area contributed by atoms with Gasteiger partial charge in [-0.15, -0.1) is 11.3 Å². The lowest BCUT2D eigenvalue weighted by Crippen LogP contribution is -2.43. The highest BCUT2D eigenvalue weighted by molar-refractivity contribution is 7.22. The zero-order valence-corrected chi connectivity index (χ0v) is 16.0. The Hall–Kier alpha value is -2.58. The summed E-state index contributed by atoms with van der Waals surface area (Å²) in [6.07, 6.45) is 7.48. The van der Waals surface area contributed by atoms with E-state index in [2.05, 4.69) is 20.6 Å². The predicted molar refractivity (Wildman–Crippen MR) is 108 cm³/mol. The van der Waals surface area contributed by atoms with Crippen LogP contribution in [-0.4, -0.2) is 28.0 Å². The molecule has 0 spiro atoms. The maximum Gasteiger partial charge on any atom is 0.254 e. The average molecular weight is 397 g/mol. The molecule has 1 aliphatic carbocycles. The number of fused-ring (bicyclic) bond motifs is 2. The summed E-state index contributed by atoms with van der Waals surface area (Å²) in [7, 11) is 0. The van der Waals surface area contributed by atoms with Crippen LogP contribution in [0.5, 0.6) is 0 Å². The van der Waals surface area contributed by atoms with Crippen LogP contribution < -0.4 is 16.4 Å². The Kier molecular flexibility index (Phi) is 4.25. The Balaban J connectivity index is 1.63. The molecule has 8 heteroatoms. The van der Waals surface area contributed by atoms with E-state index in [1.165, 1.54) is 11.3 Å². The Bertz CT molecular complexity index is 1050. The number of carbonyl (C=O) groups excluding carboxylic acids is 1. The van der Waals surface area contributed by atoms with Crippen molar-refractivity contribution in [2.45, 2.75) is 44.3 Å². The van der Waals surface area contributed by atoms with Gasteiger partial charge < -0.3 is 16.4 Å². The molecule has 0 aromatic carbocycles. The van der Waals surface area contributed by atoms with Crippen molar-refractivity contribution in [3.05, 3.63) is 41.5 Å². The number of nitrogens with one attached hydrogen (secondary N) is 2. The fourth-order valence-corrected chi connectivity index (χ4v) is 5.09. The second-order valence-electron chi connectivity index (χ2n) is 7.38. The van der Waals surface area contributed by atoms with Gasteiger partial charge in [0.05, 0.1) is 20.8 Å². The summed E-state index contributed by atoms with van der Waals surface area (Å²) in [6.45, 7) is 0.174. The highest BCUT2D eigenvalue weighted by Gasteiger charge is 2.32. The fraction of sp³-hybridized carbons (Fsp3) is 0.350. The second-order valence-corrected chi connectivity index (χ2v) is 8.47. The molecule has 3 aromatic rings. The van der Waals surface area contributed by atoms with E-state index >= 15 is 4.39 Å². The van der Waals surface area contributed by atoms with E-state index in [0.29, 0.717) is 16.8 Å². The summed E-state index contributed by atoms with van der Waals surface area (Å²) in [4.78, 5) is 22.0. The molecule has 144 valence electrons. The lowest BCUT2D eigenvalue weighted by molar-refractivity contribution is 0.0966. The molecule has 6 nitrogen and oxygen atoms in total. The van der Waals surface area contributed by atoms with Crippen LogP contribution >= 0.6 is 11.3 Å². The fourth-order valence-electron chi connectivity index (χ4n) is 4.07. The number of amides is 1. The summed E-state index contributed by atoms with van der Waals surface area (Å²) >= 11 is 1.50. The number of anilines is 1. The molecule has 3 aromatic heterocycles. The van der Waals surface area contributed by atoms with Crippen molar-refractivity contribution in [2.24, 2.45) is 5.73 Å². The number of nitrogens with two attached hydrogens (primary N) is 1. The van der Waals surface area contributed by atoms with E-state index in [4.69, 9.17) is 5.73 Å². The van der Waals surface area contributed by atoms with Gasteiger partial charge in [-0.2, -0.15) is 0 Å². The first-order chi connectivity index (χ1) is 13.6. The third-order valence-corrected chi connectivity index (χ3v) is 6.68. The summed E-state index contributed by atoms with van der Waals surface area (Å²) in [6, 6.07) is 3.85. The third-order valence-electron chi connectivity index (χ3n) is 5.59. The lowest BCUT2D eigenvalue weighted by Gasteiger charge is -2.30. The highest BCUT2D eigenvalue weighted by Crippen LogP contribution is 2.38. The van der Waals surface area contributed by atoms with Crippen LogP contribution in [0.4, 0.5) is 10.2 Å². The third kappa shape index (κ3) is 2.84.